The fourth-order valence-electron chi connectivity index (χ4n) is 1.52. The molecule has 0 spiro atoms. The maximum Gasteiger partial charge on any atom is 0.302 e. The summed E-state index contributed by atoms with van der Waals surface area (Å²) in [5.41, 5.74) is 0. The van der Waals surface area contributed by atoms with Crippen LogP contribution in [-0.4, -0.2) is 38.9 Å². The van der Waals surface area contributed by atoms with Gasteiger partial charge in [-0.15, -0.1) is 0 Å². The predicted molar refractivity (Wildman–Crippen MR) is 56.6 cm³/mol. The van der Waals surface area contributed by atoms with Crippen LogP contribution in [-0.2, 0) is 23.7 Å². The van der Waals surface area contributed by atoms with E-state index in [1.54, 1.807) is 20.3 Å². The summed E-state index contributed by atoms with van der Waals surface area (Å²) in [7, 11) is 3.15. The molecule has 1 aliphatic heterocycles. The van der Waals surface area contributed by atoms with Gasteiger partial charge >= 0.3 is 5.97 Å². The van der Waals surface area contributed by atoms with E-state index in [0.717, 1.165) is 0 Å². The maximum absolute atomic E-state index is 10.6. The van der Waals surface area contributed by atoms with E-state index in [1.165, 1.54) is 6.92 Å². The minimum atomic E-state index is -0.749. The molecule has 16 heavy (non-hydrogen) atoms. The first kappa shape index (κ1) is 13.2. The zero-order valence-corrected chi connectivity index (χ0v) is 9.89. The Morgan fingerprint density at radius 3 is 2.75 bits per heavy atom. The molecule has 0 aromatic heterocycles. The molecule has 5 nitrogen and oxygen atoms in total. The number of hydrogen-bond donors (Lipinski definition) is 0. The molecular formula is C11H18O5. The van der Waals surface area contributed by atoms with Crippen molar-refractivity contribution in [1.29, 1.82) is 0 Å². The standard InChI is InChI=1S/C11H18O5/c1-9(12)15-8-4-6-11(14-3)7-5-10(13-2)16-11/h5,7,10H,4,6,8H2,1-3H3. The van der Waals surface area contributed by atoms with Crippen LogP contribution in [0.1, 0.15) is 19.8 Å². The Bertz CT molecular complexity index is 263. The lowest BCUT2D eigenvalue weighted by Crippen LogP contribution is -2.32. The van der Waals surface area contributed by atoms with Crippen LogP contribution in [0.2, 0.25) is 0 Å². The Morgan fingerprint density at radius 2 is 2.25 bits per heavy atom. The zero-order chi connectivity index (χ0) is 12.0. The van der Waals surface area contributed by atoms with E-state index in [-0.39, 0.29) is 12.3 Å². The summed E-state index contributed by atoms with van der Waals surface area (Å²) in [5.74, 6) is -1.02. The summed E-state index contributed by atoms with van der Waals surface area (Å²) >= 11 is 0. The van der Waals surface area contributed by atoms with Gasteiger partial charge in [0.1, 0.15) is 0 Å². The van der Waals surface area contributed by atoms with Gasteiger partial charge in [-0.2, -0.15) is 0 Å². The number of rotatable bonds is 6. The number of ether oxygens (including phenoxy) is 4. The second-order valence-corrected chi connectivity index (χ2v) is 3.54. The Kier molecular flexibility index (Phi) is 4.92. The molecule has 1 rings (SSSR count). The highest BCUT2D eigenvalue weighted by atomic mass is 16.8. The van der Waals surface area contributed by atoms with Crippen molar-refractivity contribution >= 4 is 5.97 Å². The number of carbonyl (C=O) groups excluding carboxylic acids is 1. The third-order valence-corrected chi connectivity index (χ3v) is 2.38. The van der Waals surface area contributed by atoms with Crippen molar-refractivity contribution in [1.82, 2.24) is 0 Å². The van der Waals surface area contributed by atoms with E-state index in [9.17, 15) is 4.79 Å². The molecule has 1 heterocycles. The highest BCUT2D eigenvalue weighted by Gasteiger charge is 2.35. The Labute approximate surface area is 95.3 Å². The molecule has 5 heteroatoms. The van der Waals surface area contributed by atoms with Crippen molar-refractivity contribution in [3.63, 3.8) is 0 Å². The molecule has 92 valence electrons. The summed E-state index contributed by atoms with van der Waals surface area (Å²) in [6, 6.07) is 0. The second-order valence-electron chi connectivity index (χ2n) is 3.54. The van der Waals surface area contributed by atoms with Crippen molar-refractivity contribution in [2.24, 2.45) is 0 Å². The van der Waals surface area contributed by atoms with E-state index >= 15 is 0 Å². The molecule has 0 N–H and O–H groups in total. The SMILES string of the molecule is COC1C=CC(CCCOC(C)=O)(OC)O1. The molecule has 0 bridgehead atoms. The number of esters is 1. The van der Waals surface area contributed by atoms with Gasteiger partial charge in [0.2, 0.25) is 0 Å². The highest BCUT2D eigenvalue weighted by molar-refractivity contribution is 5.65. The highest BCUT2D eigenvalue weighted by Crippen LogP contribution is 2.29. The first-order chi connectivity index (χ1) is 7.62. The van der Waals surface area contributed by atoms with Crippen LogP contribution in [0.15, 0.2) is 12.2 Å². The lowest BCUT2D eigenvalue weighted by molar-refractivity contribution is -0.245. The Hall–Kier alpha value is -0.910. The van der Waals surface area contributed by atoms with Crippen molar-refractivity contribution in [2.45, 2.75) is 31.8 Å². The van der Waals surface area contributed by atoms with Crippen LogP contribution in [0.4, 0.5) is 0 Å². The molecule has 2 unspecified atom stereocenters. The van der Waals surface area contributed by atoms with Gasteiger partial charge in [-0.05, 0) is 18.6 Å². The molecule has 0 fully saturated rings. The van der Waals surface area contributed by atoms with Gasteiger partial charge in [0, 0.05) is 27.6 Å². The van der Waals surface area contributed by atoms with Crippen LogP contribution in [0.3, 0.4) is 0 Å². The van der Waals surface area contributed by atoms with Crippen molar-refractivity contribution in [2.75, 3.05) is 20.8 Å². The van der Waals surface area contributed by atoms with E-state index in [1.807, 2.05) is 6.08 Å². The average molecular weight is 230 g/mol. The van der Waals surface area contributed by atoms with Gasteiger partial charge in [0.25, 0.3) is 0 Å². The molecule has 0 aromatic rings. The summed E-state index contributed by atoms with van der Waals surface area (Å²) in [6.07, 6.45) is 4.56. The quantitative estimate of drug-likeness (QED) is 0.390. The van der Waals surface area contributed by atoms with Crippen LogP contribution >= 0.6 is 0 Å². The molecule has 1 aliphatic rings. The van der Waals surface area contributed by atoms with Gasteiger partial charge in [0.15, 0.2) is 12.1 Å². The van der Waals surface area contributed by atoms with Crippen LogP contribution in [0.5, 0.6) is 0 Å². The summed E-state index contributed by atoms with van der Waals surface area (Å²) in [6.45, 7) is 1.76. The minimum Gasteiger partial charge on any atom is -0.466 e. The molecular weight excluding hydrogens is 212 g/mol. The van der Waals surface area contributed by atoms with Gasteiger partial charge in [-0.25, -0.2) is 0 Å². The molecule has 0 aliphatic carbocycles. The number of methoxy groups -OCH3 is 2. The minimum absolute atomic E-state index is 0.274. The predicted octanol–water partition coefficient (Wildman–Crippen LogP) is 1.23. The normalized spacial score (nSPS) is 28.3. The largest absolute Gasteiger partial charge is 0.466 e. The maximum atomic E-state index is 10.6. The first-order valence-corrected chi connectivity index (χ1v) is 5.20. The zero-order valence-electron chi connectivity index (χ0n) is 9.89. The van der Waals surface area contributed by atoms with Crippen LogP contribution in [0, 0.1) is 0 Å². The topological polar surface area (TPSA) is 54.0 Å². The van der Waals surface area contributed by atoms with Gasteiger partial charge in [-0.1, -0.05) is 0 Å². The lowest BCUT2D eigenvalue weighted by Gasteiger charge is -2.26. The number of hydrogen-bond acceptors (Lipinski definition) is 5. The van der Waals surface area contributed by atoms with E-state index in [4.69, 9.17) is 18.9 Å². The van der Waals surface area contributed by atoms with E-state index in [0.29, 0.717) is 19.4 Å². The van der Waals surface area contributed by atoms with Crippen LogP contribution in [0.25, 0.3) is 0 Å². The average Bonchev–Trinajstić information content (AvgIpc) is 2.69. The Balaban J connectivity index is 2.33. The second kappa shape index (κ2) is 5.98. The van der Waals surface area contributed by atoms with Crippen molar-refractivity contribution in [3.8, 4) is 0 Å². The monoisotopic (exact) mass is 230 g/mol. The smallest absolute Gasteiger partial charge is 0.302 e. The van der Waals surface area contributed by atoms with Crippen molar-refractivity contribution in [3.05, 3.63) is 12.2 Å². The van der Waals surface area contributed by atoms with Crippen LogP contribution < -0.4 is 0 Å². The van der Waals surface area contributed by atoms with Gasteiger partial charge < -0.3 is 18.9 Å². The Morgan fingerprint density at radius 1 is 1.50 bits per heavy atom. The summed E-state index contributed by atoms with van der Waals surface area (Å²) < 4.78 is 20.7. The molecule has 0 amide bonds. The summed E-state index contributed by atoms with van der Waals surface area (Å²) in [4.78, 5) is 10.6. The lowest BCUT2D eigenvalue weighted by atomic mass is 10.1. The van der Waals surface area contributed by atoms with Gasteiger partial charge in [0.05, 0.1) is 6.61 Å². The van der Waals surface area contributed by atoms with Crippen molar-refractivity contribution < 1.29 is 23.7 Å². The molecule has 0 saturated heterocycles. The molecule has 2 atom stereocenters. The number of carbonyl (C=O) groups is 1. The van der Waals surface area contributed by atoms with E-state index in [2.05, 4.69) is 0 Å². The van der Waals surface area contributed by atoms with Gasteiger partial charge in [-0.3, -0.25) is 4.79 Å². The summed E-state index contributed by atoms with van der Waals surface area (Å²) in [5, 5.41) is 0. The first-order valence-electron chi connectivity index (χ1n) is 5.20. The fraction of sp³-hybridized carbons (Fsp3) is 0.727. The molecule has 0 saturated carbocycles. The third kappa shape index (κ3) is 3.59. The molecule has 0 radical (unpaired) electrons. The third-order valence-electron chi connectivity index (χ3n) is 2.38. The fourth-order valence-corrected chi connectivity index (χ4v) is 1.52. The van der Waals surface area contributed by atoms with E-state index < -0.39 is 5.79 Å². The molecule has 0 aromatic carbocycles.